The van der Waals surface area contributed by atoms with Gasteiger partial charge in [0.15, 0.2) is 0 Å². The van der Waals surface area contributed by atoms with E-state index in [4.69, 9.17) is 0 Å². The summed E-state index contributed by atoms with van der Waals surface area (Å²) in [6, 6.07) is 23.8. The lowest BCUT2D eigenvalue weighted by atomic mass is 10.1. The molecular formula is C30H37N3O4S. The van der Waals surface area contributed by atoms with E-state index in [1.807, 2.05) is 56.3 Å². The van der Waals surface area contributed by atoms with Crippen molar-refractivity contribution in [1.82, 2.24) is 10.2 Å². The number of anilines is 1. The van der Waals surface area contributed by atoms with E-state index in [-0.39, 0.29) is 17.3 Å². The summed E-state index contributed by atoms with van der Waals surface area (Å²) in [4.78, 5) is 28.3. The van der Waals surface area contributed by atoms with Crippen molar-refractivity contribution in [1.29, 1.82) is 0 Å². The van der Waals surface area contributed by atoms with Crippen molar-refractivity contribution >= 4 is 27.5 Å². The SMILES string of the molecule is CCCCNC(=O)[C@@H](C)N(Cc1ccccc1)C(=O)CN(c1ccc(CC)cc1)S(=O)(=O)c1ccccc1. The summed E-state index contributed by atoms with van der Waals surface area (Å²) < 4.78 is 28.6. The second-order valence-corrected chi connectivity index (χ2v) is 11.0. The minimum absolute atomic E-state index is 0.0901. The molecule has 8 heteroatoms. The molecular weight excluding hydrogens is 498 g/mol. The molecule has 0 aliphatic heterocycles. The molecule has 0 radical (unpaired) electrons. The van der Waals surface area contributed by atoms with Gasteiger partial charge in [-0.1, -0.05) is 80.9 Å². The number of rotatable bonds is 13. The lowest BCUT2D eigenvalue weighted by Crippen LogP contribution is -2.51. The second kappa shape index (κ2) is 13.8. The molecule has 0 bridgehead atoms. The molecule has 202 valence electrons. The number of sulfonamides is 1. The molecule has 0 heterocycles. The van der Waals surface area contributed by atoms with E-state index in [0.717, 1.165) is 34.7 Å². The minimum Gasteiger partial charge on any atom is -0.354 e. The number of amides is 2. The van der Waals surface area contributed by atoms with E-state index in [0.29, 0.717) is 12.2 Å². The third kappa shape index (κ3) is 7.44. The standard InChI is InChI=1S/C30H37N3O4S/c1-4-6-21-31-30(35)24(3)32(22-26-13-9-7-10-14-26)29(34)23-33(27-19-17-25(5-2)18-20-27)38(36,37)28-15-11-8-12-16-28/h7-20,24H,4-6,21-23H2,1-3H3,(H,31,35)/t24-/m1/s1. The molecule has 0 aromatic heterocycles. The van der Waals surface area contributed by atoms with Gasteiger partial charge in [0.1, 0.15) is 12.6 Å². The van der Waals surface area contributed by atoms with E-state index in [2.05, 4.69) is 5.32 Å². The highest BCUT2D eigenvalue weighted by Gasteiger charge is 2.32. The second-order valence-electron chi connectivity index (χ2n) is 9.17. The fourth-order valence-corrected chi connectivity index (χ4v) is 5.48. The monoisotopic (exact) mass is 535 g/mol. The smallest absolute Gasteiger partial charge is 0.264 e. The Morgan fingerprint density at radius 1 is 0.842 bits per heavy atom. The normalized spacial score (nSPS) is 12.0. The molecule has 38 heavy (non-hydrogen) atoms. The van der Waals surface area contributed by atoms with Crippen molar-refractivity contribution in [2.75, 3.05) is 17.4 Å². The van der Waals surface area contributed by atoms with Gasteiger partial charge in [0.25, 0.3) is 10.0 Å². The fourth-order valence-electron chi connectivity index (χ4n) is 4.05. The first-order chi connectivity index (χ1) is 18.3. The number of carbonyl (C=O) groups excluding carboxylic acids is 2. The zero-order valence-electron chi connectivity index (χ0n) is 22.3. The number of nitrogens with zero attached hydrogens (tertiary/aromatic N) is 2. The molecule has 3 aromatic carbocycles. The van der Waals surface area contributed by atoms with E-state index >= 15 is 0 Å². The Morgan fingerprint density at radius 2 is 1.45 bits per heavy atom. The van der Waals surface area contributed by atoms with Crippen LogP contribution in [0.25, 0.3) is 0 Å². The molecule has 3 aromatic rings. The maximum absolute atomic E-state index is 13.8. The van der Waals surface area contributed by atoms with Crippen molar-refractivity contribution in [2.45, 2.75) is 57.5 Å². The number of hydrogen-bond donors (Lipinski definition) is 1. The lowest BCUT2D eigenvalue weighted by molar-refractivity contribution is -0.139. The van der Waals surface area contributed by atoms with Crippen molar-refractivity contribution in [3.05, 3.63) is 96.1 Å². The summed E-state index contributed by atoms with van der Waals surface area (Å²) in [5.41, 5.74) is 2.29. The highest BCUT2D eigenvalue weighted by Crippen LogP contribution is 2.25. The van der Waals surface area contributed by atoms with E-state index in [9.17, 15) is 18.0 Å². The average molecular weight is 536 g/mol. The summed E-state index contributed by atoms with van der Waals surface area (Å²) in [5.74, 6) is -0.737. The molecule has 0 spiro atoms. The minimum atomic E-state index is -4.05. The van der Waals surface area contributed by atoms with Gasteiger partial charge in [-0.2, -0.15) is 0 Å². The van der Waals surface area contributed by atoms with Gasteiger partial charge in [0.2, 0.25) is 11.8 Å². The van der Waals surface area contributed by atoms with Gasteiger partial charge in [-0.05, 0) is 55.2 Å². The van der Waals surface area contributed by atoms with Gasteiger partial charge < -0.3 is 10.2 Å². The van der Waals surface area contributed by atoms with Crippen LogP contribution in [0.4, 0.5) is 5.69 Å². The predicted molar refractivity (Wildman–Crippen MR) is 151 cm³/mol. The van der Waals surface area contributed by atoms with Gasteiger partial charge in [0, 0.05) is 13.1 Å². The first kappa shape index (κ1) is 28.9. The van der Waals surface area contributed by atoms with Crippen LogP contribution in [-0.2, 0) is 32.6 Å². The Hall–Kier alpha value is -3.65. The van der Waals surface area contributed by atoms with Crippen LogP contribution in [0.1, 0.15) is 44.7 Å². The Labute approximate surface area is 226 Å². The van der Waals surface area contributed by atoms with Gasteiger partial charge in [-0.25, -0.2) is 8.42 Å². The van der Waals surface area contributed by atoms with Crippen molar-refractivity contribution in [2.24, 2.45) is 0 Å². The van der Waals surface area contributed by atoms with Crippen LogP contribution in [0, 0.1) is 0 Å². The Balaban J connectivity index is 1.97. The molecule has 1 N–H and O–H groups in total. The summed E-state index contributed by atoms with van der Waals surface area (Å²) >= 11 is 0. The van der Waals surface area contributed by atoms with Crippen molar-refractivity contribution < 1.29 is 18.0 Å². The largest absolute Gasteiger partial charge is 0.354 e. The van der Waals surface area contributed by atoms with Crippen LogP contribution in [0.2, 0.25) is 0 Å². The van der Waals surface area contributed by atoms with Gasteiger partial charge in [-0.3, -0.25) is 13.9 Å². The first-order valence-corrected chi connectivity index (χ1v) is 14.5. The van der Waals surface area contributed by atoms with Gasteiger partial charge in [-0.15, -0.1) is 0 Å². The number of hydrogen-bond acceptors (Lipinski definition) is 4. The summed E-state index contributed by atoms with van der Waals surface area (Å²) in [6.07, 6.45) is 2.58. The number of benzene rings is 3. The average Bonchev–Trinajstić information content (AvgIpc) is 2.95. The quantitative estimate of drug-likeness (QED) is 0.319. The molecule has 0 saturated heterocycles. The molecule has 1 atom stereocenters. The Bertz CT molecular complexity index is 1280. The molecule has 7 nitrogen and oxygen atoms in total. The van der Waals surface area contributed by atoms with Gasteiger partial charge in [0.05, 0.1) is 10.6 Å². The molecule has 0 aliphatic rings. The first-order valence-electron chi connectivity index (χ1n) is 13.1. The summed E-state index contributed by atoms with van der Waals surface area (Å²) in [5, 5.41) is 2.89. The molecule has 0 saturated carbocycles. The van der Waals surface area contributed by atoms with Gasteiger partial charge >= 0.3 is 0 Å². The van der Waals surface area contributed by atoms with Crippen molar-refractivity contribution in [3.8, 4) is 0 Å². The zero-order valence-corrected chi connectivity index (χ0v) is 23.2. The van der Waals surface area contributed by atoms with Crippen LogP contribution in [-0.4, -0.2) is 44.3 Å². The van der Waals surface area contributed by atoms with Crippen LogP contribution in [0.15, 0.2) is 89.8 Å². The van der Waals surface area contributed by atoms with E-state index < -0.39 is 28.5 Å². The molecule has 3 rings (SSSR count). The summed E-state index contributed by atoms with van der Waals surface area (Å²) in [7, 11) is -4.05. The Kier molecular flexibility index (Phi) is 10.5. The highest BCUT2D eigenvalue weighted by molar-refractivity contribution is 7.92. The number of unbranched alkanes of at least 4 members (excludes halogenated alkanes) is 1. The predicted octanol–water partition coefficient (Wildman–Crippen LogP) is 4.78. The molecule has 0 unspecified atom stereocenters. The lowest BCUT2D eigenvalue weighted by Gasteiger charge is -2.32. The van der Waals surface area contributed by atoms with Crippen LogP contribution < -0.4 is 9.62 Å². The fraction of sp³-hybridized carbons (Fsp3) is 0.333. The number of nitrogens with one attached hydrogen (secondary N) is 1. The van der Waals surface area contributed by atoms with E-state index in [1.165, 1.54) is 17.0 Å². The Morgan fingerprint density at radius 3 is 2.03 bits per heavy atom. The third-order valence-electron chi connectivity index (χ3n) is 6.44. The highest BCUT2D eigenvalue weighted by atomic mass is 32.2. The maximum Gasteiger partial charge on any atom is 0.264 e. The summed E-state index contributed by atoms with van der Waals surface area (Å²) in [6.45, 7) is 5.98. The van der Waals surface area contributed by atoms with Crippen LogP contribution in [0.3, 0.4) is 0 Å². The molecule has 0 aliphatic carbocycles. The third-order valence-corrected chi connectivity index (χ3v) is 8.22. The molecule has 2 amide bonds. The van der Waals surface area contributed by atoms with Crippen LogP contribution in [0.5, 0.6) is 0 Å². The topological polar surface area (TPSA) is 86.8 Å². The van der Waals surface area contributed by atoms with Crippen molar-refractivity contribution in [3.63, 3.8) is 0 Å². The molecule has 0 fully saturated rings. The maximum atomic E-state index is 13.8. The van der Waals surface area contributed by atoms with E-state index in [1.54, 1.807) is 37.3 Å². The zero-order chi connectivity index (χ0) is 27.5. The van der Waals surface area contributed by atoms with Crippen LogP contribution >= 0.6 is 0 Å². The number of aryl methyl sites for hydroxylation is 1. The number of carbonyl (C=O) groups is 2.